The SMILES string of the molecule is O=C1NC(=S)S/C1=C/c1ccc2c(c1)N(Cc1ccc(F)c(F)c1)C(=O)CO2. The minimum Gasteiger partial charge on any atom is -0.482 e. The minimum absolute atomic E-state index is 0.0613. The summed E-state index contributed by atoms with van der Waals surface area (Å²) in [5.41, 5.74) is 1.61. The van der Waals surface area contributed by atoms with Crippen LogP contribution in [0, 0.1) is 11.6 Å². The molecule has 0 radical (unpaired) electrons. The van der Waals surface area contributed by atoms with E-state index in [1.165, 1.54) is 11.0 Å². The van der Waals surface area contributed by atoms with E-state index in [0.29, 0.717) is 31.8 Å². The number of benzene rings is 2. The number of carbonyl (C=O) groups excluding carboxylic acids is 2. The molecular weight excluding hydrogens is 406 g/mol. The maximum absolute atomic E-state index is 13.5. The van der Waals surface area contributed by atoms with Crippen molar-refractivity contribution in [2.75, 3.05) is 11.5 Å². The maximum atomic E-state index is 13.5. The molecule has 0 spiro atoms. The van der Waals surface area contributed by atoms with Crippen molar-refractivity contribution in [1.82, 2.24) is 5.32 Å². The van der Waals surface area contributed by atoms with Crippen molar-refractivity contribution >= 4 is 51.9 Å². The number of thiocarbonyl (C=S) groups is 1. The molecule has 1 fully saturated rings. The maximum Gasteiger partial charge on any atom is 0.265 e. The number of amides is 2. The summed E-state index contributed by atoms with van der Waals surface area (Å²) in [4.78, 5) is 26.1. The highest BCUT2D eigenvalue weighted by Crippen LogP contribution is 2.35. The molecule has 28 heavy (non-hydrogen) atoms. The van der Waals surface area contributed by atoms with Crippen LogP contribution in [0.25, 0.3) is 6.08 Å². The second-order valence-corrected chi connectivity index (χ2v) is 7.82. The second-order valence-electron chi connectivity index (χ2n) is 6.10. The lowest BCUT2D eigenvalue weighted by atomic mass is 10.1. The second kappa shape index (κ2) is 7.33. The van der Waals surface area contributed by atoms with Gasteiger partial charge in [-0.2, -0.15) is 0 Å². The summed E-state index contributed by atoms with van der Waals surface area (Å²) in [7, 11) is 0. The Bertz CT molecular complexity index is 1060. The van der Waals surface area contributed by atoms with Gasteiger partial charge in [-0.1, -0.05) is 36.1 Å². The number of thioether (sulfide) groups is 1. The Kier molecular flexibility index (Phi) is 4.86. The monoisotopic (exact) mass is 418 g/mol. The molecule has 4 rings (SSSR count). The van der Waals surface area contributed by atoms with E-state index in [9.17, 15) is 18.4 Å². The fourth-order valence-corrected chi connectivity index (χ4v) is 3.92. The van der Waals surface area contributed by atoms with Crippen LogP contribution in [0.1, 0.15) is 11.1 Å². The smallest absolute Gasteiger partial charge is 0.265 e. The zero-order chi connectivity index (χ0) is 19.8. The summed E-state index contributed by atoms with van der Waals surface area (Å²) < 4.78 is 32.5. The van der Waals surface area contributed by atoms with E-state index < -0.39 is 11.6 Å². The molecule has 2 amide bonds. The molecule has 2 aliphatic heterocycles. The number of carbonyl (C=O) groups is 2. The van der Waals surface area contributed by atoms with Crippen molar-refractivity contribution in [3.63, 3.8) is 0 Å². The van der Waals surface area contributed by atoms with Crippen molar-refractivity contribution in [3.05, 3.63) is 64.1 Å². The highest BCUT2D eigenvalue weighted by Gasteiger charge is 2.27. The van der Waals surface area contributed by atoms with E-state index >= 15 is 0 Å². The first-order valence-electron chi connectivity index (χ1n) is 8.17. The van der Waals surface area contributed by atoms with Crippen molar-refractivity contribution < 1.29 is 23.1 Å². The van der Waals surface area contributed by atoms with E-state index in [0.717, 1.165) is 23.9 Å². The summed E-state index contributed by atoms with van der Waals surface area (Å²) in [6.45, 7) is -0.0879. The van der Waals surface area contributed by atoms with Gasteiger partial charge in [-0.3, -0.25) is 9.59 Å². The summed E-state index contributed by atoms with van der Waals surface area (Å²) >= 11 is 6.13. The Morgan fingerprint density at radius 2 is 2.00 bits per heavy atom. The molecule has 5 nitrogen and oxygen atoms in total. The number of hydrogen-bond donors (Lipinski definition) is 1. The predicted molar refractivity (Wildman–Crippen MR) is 106 cm³/mol. The standard InChI is InChI=1S/C19H12F2N2O3S2/c20-12-3-1-11(5-13(12)21)8-23-14-6-10(2-4-15(14)26-9-17(23)24)7-16-18(25)22-19(27)28-16/h1-7H,8-9H2,(H,22,25,27)/b16-7+. The van der Waals surface area contributed by atoms with Crippen LogP contribution >= 0.6 is 24.0 Å². The topological polar surface area (TPSA) is 58.6 Å². The lowest BCUT2D eigenvalue weighted by molar-refractivity contribution is -0.121. The zero-order valence-electron chi connectivity index (χ0n) is 14.2. The Hall–Kier alpha value is -2.78. The molecule has 0 atom stereocenters. The van der Waals surface area contributed by atoms with Crippen LogP contribution in [0.3, 0.4) is 0 Å². The number of nitrogens with one attached hydrogen (secondary N) is 1. The van der Waals surface area contributed by atoms with Gasteiger partial charge in [-0.05, 0) is 41.5 Å². The van der Waals surface area contributed by atoms with Crippen LogP contribution in [0.5, 0.6) is 5.75 Å². The molecule has 2 heterocycles. The Morgan fingerprint density at radius 3 is 2.71 bits per heavy atom. The van der Waals surface area contributed by atoms with Crippen molar-refractivity contribution in [2.24, 2.45) is 0 Å². The molecular formula is C19H12F2N2O3S2. The molecule has 1 saturated heterocycles. The largest absolute Gasteiger partial charge is 0.482 e. The van der Waals surface area contributed by atoms with E-state index in [4.69, 9.17) is 17.0 Å². The van der Waals surface area contributed by atoms with Gasteiger partial charge < -0.3 is 15.0 Å². The first kappa shape index (κ1) is 18.6. The van der Waals surface area contributed by atoms with Crippen LogP contribution in [-0.4, -0.2) is 22.7 Å². The number of rotatable bonds is 3. The van der Waals surface area contributed by atoms with Crippen LogP contribution in [0.4, 0.5) is 14.5 Å². The number of halogens is 2. The summed E-state index contributed by atoms with van der Waals surface area (Å²) in [5.74, 6) is -2.02. The summed E-state index contributed by atoms with van der Waals surface area (Å²) in [5, 5.41) is 2.54. The van der Waals surface area contributed by atoms with Gasteiger partial charge in [0.2, 0.25) is 0 Å². The summed E-state index contributed by atoms with van der Waals surface area (Å²) in [6, 6.07) is 8.66. The number of anilines is 1. The van der Waals surface area contributed by atoms with E-state index in [1.54, 1.807) is 24.3 Å². The average molecular weight is 418 g/mol. The molecule has 0 aliphatic carbocycles. The molecule has 2 aliphatic rings. The van der Waals surface area contributed by atoms with Gasteiger partial charge in [-0.25, -0.2) is 8.78 Å². The van der Waals surface area contributed by atoms with Crippen molar-refractivity contribution in [2.45, 2.75) is 6.54 Å². The molecule has 0 saturated carbocycles. The van der Waals surface area contributed by atoms with Crippen LogP contribution in [0.2, 0.25) is 0 Å². The van der Waals surface area contributed by atoms with Gasteiger partial charge in [0.1, 0.15) is 10.1 Å². The summed E-state index contributed by atoms with van der Waals surface area (Å²) in [6.07, 6.45) is 1.66. The Balaban J connectivity index is 1.68. The van der Waals surface area contributed by atoms with E-state index in [2.05, 4.69) is 5.32 Å². The highest BCUT2D eigenvalue weighted by molar-refractivity contribution is 8.26. The van der Waals surface area contributed by atoms with Crippen molar-refractivity contribution in [3.8, 4) is 5.75 Å². The fourth-order valence-electron chi connectivity index (χ4n) is 2.88. The van der Waals surface area contributed by atoms with E-state index in [-0.39, 0.29) is 25.0 Å². The zero-order valence-corrected chi connectivity index (χ0v) is 15.8. The van der Waals surface area contributed by atoms with Gasteiger partial charge >= 0.3 is 0 Å². The first-order valence-corrected chi connectivity index (χ1v) is 9.39. The molecule has 9 heteroatoms. The van der Waals surface area contributed by atoms with Gasteiger partial charge in [0.05, 0.1) is 17.1 Å². The molecule has 0 bridgehead atoms. The van der Waals surface area contributed by atoms with E-state index in [1.807, 2.05) is 0 Å². The van der Waals surface area contributed by atoms with Gasteiger partial charge in [0.15, 0.2) is 18.2 Å². The van der Waals surface area contributed by atoms with Crippen LogP contribution in [0.15, 0.2) is 41.3 Å². The highest BCUT2D eigenvalue weighted by atomic mass is 32.2. The molecule has 0 aromatic heterocycles. The van der Waals surface area contributed by atoms with Crippen LogP contribution in [-0.2, 0) is 16.1 Å². The number of nitrogens with zero attached hydrogens (tertiary/aromatic N) is 1. The third-order valence-electron chi connectivity index (χ3n) is 4.19. The fraction of sp³-hybridized carbons (Fsp3) is 0.105. The third kappa shape index (κ3) is 3.63. The lowest BCUT2D eigenvalue weighted by Crippen LogP contribution is -2.38. The molecule has 0 unspecified atom stereocenters. The average Bonchev–Trinajstić information content (AvgIpc) is 2.97. The number of hydrogen-bond acceptors (Lipinski definition) is 5. The predicted octanol–water partition coefficient (Wildman–Crippen LogP) is 3.38. The van der Waals surface area contributed by atoms with Gasteiger partial charge in [-0.15, -0.1) is 0 Å². The first-order chi connectivity index (χ1) is 13.4. The van der Waals surface area contributed by atoms with Crippen LogP contribution < -0.4 is 15.0 Å². The van der Waals surface area contributed by atoms with Gasteiger partial charge in [0, 0.05) is 0 Å². The third-order valence-corrected chi connectivity index (χ3v) is 5.35. The normalized spacial score (nSPS) is 17.6. The minimum atomic E-state index is -0.975. The molecule has 2 aromatic carbocycles. The number of fused-ring (bicyclic) bond motifs is 1. The molecule has 1 N–H and O–H groups in total. The van der Waals surface area contributed by atoms with Crippen molar-refractivity contribution in [1.29, 1.82) is 0 Å². The lowest BCUT2D eigenvalue weighted by Gasteiger charge is -2.29. The molecule has 2 aromatic rings. The Labute approximate surface area is 168 Å². The quantitative estimate of drug-likeness (QED) is 0.612. The molecule has 142 valence electrons. The Morgan fingerprint density at radius 1 is 1.18 bits per heavy atom. The number of ether oxygens (including phenoxy) is 1. The van der Waals surface area contributed by atoms with Gasteiger partial charge in [0.25, 0.3) is 11.8 Å².